The van der Waals surface area contributed by atoms with Gasteiger partial charge < -0.3 is 19.7 Å². The zero-order valence-electron chi connectivity index (χ0n) is 17.9. The zero-order valence-corrected chi connectivity index (χ0v) is 17.9. The maximum atomic E-state index is 13.1. The zero-order chi connectivity index (χ0) is 22.3. The number of hydrogen-bond acceptors (Lipinski definition) is 5. The molecular formula is C24H28N2O5. The molecule has 3 rings (SSSR count). The molecule has 31 heavy (non-hydrogen) atoms. The summed E-state index contributed by atoms with van der Waals surface area (Å²) in [4.78, 5) is 38.8. The lowest BCUT2D eigenvalue weighted by Crippen LogP contribution is -2.49. The van der Waals surface area contributed by atoms with E-state index in [9.17, 15) is 14.4 Å². The Morgan fingerprint density at radius 3 is 2.23 bits per heavy atom. The molecule has 2 amide bonds. The fraction of sp³-hybridized carbons (Fsp3) is 0.375. The first-order chi connectivity index (χ1) is 14.9. The third kappa shape index (κ3) is 5.42. The van der Waals surface area contributed by atoms with Gasteiger partial charge in [0, 0.05) is 26.6 Å². The number of hydrogen-bond donors (Lipinski definition) is 1. The summed E-state index contributed by atoms with van der Waals surface area (Å²) >= 11 is 0. The van der Waals surface area contributed by atoms with E-state index in [4.69, 9.17) is 9.47 Å². The molecule has 1 aliphatic heterocycles. The van der Waals surface area contributed by atoms with E-state index < -0.39 is 11.4 Å². The SMILES string of the molecule is COc1ccc(CNC(=O)COC(=O)C2(c3ccccc3)CCN(C(C)=O)CC2)cc1. The third-order valence-electron chi connectivity index (χ3n) is 5.76. The lowest BCUT2D eigenvalue weighted by Gasteiger charge is -2.40. The Kier molecular flexibility index (Phi) is 7.28. The van der Waals surface area contributed by atoms with Crippen molar-refractivity contribution in [2.75, 3.05) is 26.8 Å². The number of carbonyl (C=O) groups is 3. The predicted octanol–water partition coefficient (Wildman–Crippen LogP) is 2.43. The number of likely N-dealkylation sites (tertiary alicyclic amines) is 1. The van der Waals surface area contributed by atoms with Crippen molar-refractivity contribution < 1.29 is 23.9 Å². The molecule has 1 fully saturated rings. The second kappa shape index (κ2) is 10.1. The Morgan fingerprint density at radius 2 is 1.65 bits per heavy atom. The molecule has 1 aliphatic rings. The van der Waals surface area contributed by atoms with Crippen molar-refractivity contribution in [1.29, 1.82) is 0 Å². The Morgan fingerprint density at radius 1 is 1.00 bits per heavy atom. The van der Waals surface area contributed by atoms with Crippen molar-refractivity contribution in [2.24, 2.45) is 0 Å². The normalized spacial score (nSPS) is 15.1. The molecule has 7 heteroatoms. The van der Waals surface area contributed by atoms with Crippen LogP contribution in [0.1, 0.15) is 30.9 Å². The minimum Gasteiger partial charge on any atom is -0.497 e. The Bertz CT molecular complexity index is 903. The minimum atomic E-state index is -0.858. The van der Waals surface area contributed by atoms with Gasteiger partial charge in [-0.1, -0.05) is 42.5 Å². The number of nitrogens with zero attached hydrogens (tertiary/aromatic N) is 1. The van der Waals surface area contributed by atoms with Crippen molar-refractivity contribution in [3.63, 3.8) is 0 Å². The van der Waals surface area contributed by atoms with Crippen molar-refractivity contribution in [3.8, 4) is 5.75 Å². The summed E-state index contributed by atoms with van der Waals surface area (Å²) in [7, 11) is 1.59. The van der Waals surface area contributed by atoms with Crippen LogP contribution in [0.2, 0.25) is 0 Å². The summed E-state index contributed by atoms with van der Waals surface area (Å²) in [6.07, 6.45) is 0.922. The van der Waals surface area contributed by atoms with Crippen LogP contribution in [-0.2, 0) is 31.1 Å². The van der Waals surface area contributed by atoms with Crippen LogP contribution in [0, 0.1) is 0 Å². The molecule has 0 bridgehead atoms. The van der Waals surface area contributed by atoms with Gasteiger partial charge in [0.25, 0.3) is 5.91 Å². The third-order valence-corrected chi connectivity index (χ3v) is 5.76. The van der Waals surface area contributed by atoms with Crippen LogP contribution in [0.5, 0.6) is 5.75 Å². The van der Waals surface area contributed by atoms with Crippen LogP contribution < -0.4 is 10.1 Å². The van der Waals surface area contributed by atoms with Gasteiger partial charge in [0.05, 0.1) is 12.5 Å². The van der Waals surface area contributed by atoms with Gasteiger partial charge in [-0.15, -0.1) is 0 Å². The van der Waals surface area contributed by atoms with Crippen LogP contribution in [0.3, 0.4) is 0 Å². The van der Waals surface area contributed by atoms with E-state index >= 15 is 0 Å². The molecule has 1 heterocycles. The molecule has 0 spiro atoms. The van der Waals surface area contributed by atoms with Crippen molar-refractivity contribution in [1.82, 2.24) is 10.2 Å². The maximum absolute atomic E-state index is 13.1. The van der Waals surface area contributed by atoms with Crippen LogP contribution >= 0.6 is 0 Å². The van der Waals surface area contributed by atoms with Crippen LogP contribution in [-0.4, -0.2) is 49.5 Å². The van der Waals surface area contributed by atoms with Gasteiger partial charge in [0.15, 0.2) is 6.61 Å². The highest BCUT2D eigenvalue weighted by Crippen LogP contribution is 2.37. The first-order valence-electron chi connectivity index (χ1n) is 10.3. The number of amides is 2. The molecule has 0 saturated carbocycles. The van der Waals surface area contributed by atoms with E-state index in [1.807, 2.05) is 54.6 Å². The van der Waals surface area contributed by atoms with Gasteiger partial charge in [0.1, 0.15) is 5.75 Å². The molecule has 0 atom stereocenters. The van der Waals surface area contributed by atoms with Crippen LogP contribution in [0.25, 0.3) is 0 Å². The number of piperidine rings is 1. The first kappa shape index (κ1) is 22.3. The van der Waals surface area contributed by atoms with Crippen molar-refractivity contribution >= 4 is 17.8 Å². The molecule has 0 aliphatic carbocycles. The van der Waals surface area contributed by atoms with Crippen LogP contribution in [0.15, 0.2) is 54.6 Å². The second-order valence-corrected chi connectivity index (χ2v) is 7.66. The molecule has 0 unspecified atom stereocenters. The molecule has 0 aromatic heterocycles. The number of methoxy groups -OCH3 is 1. The summed E-state index contributed by atoms with van der Waals surface area (Å²) in [5, 5.41) is 2.76. The molecule has 0 radical (unpaired) electrons. The number of esters is 1. The van der Waals surface area contributed by atoms with Gasteiger partial charge >= 0.3 is 5.97 Å². The van der Waals surface area contributed by atoms with Gasteiger partial charge in [-0.2, -0.15) is 0 Å². The number of carbonyl (C=O) groups excluding carboxylic acids is 3. The summed E-state index contributed by atoms with van der Waals surface area (Å²) in [5.74, 6) is -0.0611. The van der Waals surface area contributed by atoms with E-state index in [1.165, 1.54) is 6.92 Å². The highest BCUT2D eigenvalue weighted by Gasteiger charge is 2.44. The second-order valence-electron chi connectivity index (χ2n) is 7.66. The molecule has 7 nitrogen and oxygen atoms in total. The van der Waals surface area contributed by atoms with Crippen molar-refractivity contribution in [2.45, 2.75) is 31.7 Å². The summed E-state index contributed by atoms with van der Waals surface area (Å²) in [5.41, 5.74) is 0.906. The van der Waals surface area contributed by atoms with E-state index in [-0.39, 0.29) is 18.4 Å². The van der Waals surface area contributed by atoms with E-state index in [0.29, 0.717) is 32.5 Å². The average Bonchev–Trinajstić information content (AvgIpc) is 2.82. The predicted molar refractivity (Wildman–Crippen MR) is 115 cm³/mol. The Labute approximate surface area is 182 Å². The number of ether oxygens (including phenoxy) is 2. The fourth-order valence-electron chi connectivity index (χ4n) is 3.84. The summed E-state index contributed by atoms with van der Waals surface area (Å²) in [6, 6.07) is 16.8. The highest BCUT2D eigenvalue weighted by molar-refractivity contribution is 5.87. The Balaban J connectivity index is 1.60. The molecule has 164 valence electrons. The average molecular weight is 424 g/mol. The number of nitrogens with one attached hydrogen (secondary N) is 1. The van der Waals surface area contributed by atoms with Gasteiger partial charge in [-0.3, -0.25) is 14.4 Å². The smallest absolute Gasteiger partial charge is 0.317 e. The minimum absolute atomic E-state index is 0.00654. The molecule has 1 N–H and O–H groups in total. The standard InChI is InChI=1S/C24H28N2O5/c1-18(27)26-14-12-24(13-15-26,20-6-4-3-5-7-20)23(29)31-17-22(28)25-16-19-8-10-21(30-2)11-9-19/h3-11H,12-17H2,1-2H3,(H,25,28). The fourth-order valence-corrected chi connectivity index (χ4v) is 3.84. The van der Waals surface area contributed by atoms with Crippen molar-refractivity contribution in [3.05, 3.63) is 65.7 Å². The summed E-state index contributed by atoms with van der Waals surface area (Å²) < 4.78 is 10.6. The Hall–Kier alpha value is -3.35. The summed E-state index contributed by atoms with van der Waals surface area (Å²) in [6.45, 7) is 2.46. The van der Waals surface area contributed by atoms with E-state index in [2.05, 4.69) is 5.32 Å². The largest absolute Gasteiger partial charge is 0.497 e. The number of rotatable bonds is 7. The molecule has 2 aromatic rings. The lowest BCUT2D eigenvalue weighted by molar-refractivity contribution is -0.157. The number of benzene rings is 2. The quantitative estimate of drug-likeness (QED) is 0.690. The maximum Gasteiger partial charge on any atom is 0.317 e. The van der Waals surface area contributed by atoms with Gasteiger partial charge in [-0.25, -0.2) is 0 Å². The molecular weight excluding hydrogens is 396 g/mol. The van der Waals surface area contributed by atoms with E-state index in [1.54, 1.807) is 12.0 Å². The van der Waals surface area contributed by atoms with Gasteiger partial charge in [-0.05, 0) is 36.1 Å². The molecule has 2 aromatic carbocycles. The molecule has 1 saturated heterocycles. The van der Waals surface area contributed by atoms with Gasteiger partial charge in [0.2, 0.25) is 5.91 Å². The van der Waals surface area contributed by atoms with E-state index in [0.717, 1.165) is 16.9 Å². The van der Waals surface area contributed by atoms with Crippen LogP contribution in [0.4, 0.5) is 0 Å². The first-order valence-corrected chi connectivity index (χ1v) is 10.3. The lowest BCUT2D eigenvalue weighted by atomic mass is 9.72. The topological polar surface area (TPSA) is 84.9 Å². The highest BCUT2D eigenvalue weighted by atomic mass is 16.5. The monoisotopic (exact) mass is 424 g/mol.